The van der Waals surface area contributed by atoms with Gasteiger partial charge in [-0.2, -0.15) is 0 Å². The quantitative estimate of drug-likeness (QED) is 0.860. The third-order valence-electron chi connectivity index (χ3n) is 6.20. The molecular weight excluding hydrogens is 352 g/mol. The lowest BCUT2D eigenvalue weighted by Gasteiger charge is -2.36. The molecule has 3 atom stereocenters. The van der Waals surface area contributed by atoms with E-state index in [9.17, 15) is 18.4 Å². The highest BCUT2D eigenvalue weighted by molar-refractivity contribution is 5.94. The maximum Gasteiger partial charge on any atom is 0.256 e. The van der Waals surface area contributed by atoms with E-state index in [1.54, 1.807) is 4.90 Å². The number of benzene rings is 1. The number of carbonyl (C=O) groups is 2. The second-order valence-electron chi connectivity index (χ2n) is 7.85. The van der Waals surface area contributed by atoms with Gasteiger partial charge in [0, 0.05) is 38.3 Å². The van der Waals surface area contributed by atoms with Crippen LogP contribution in [0.4, 0.5) is 8.78 Å². The van der Waals surface area contributed by atoms with Crippen molar-refractivity contribution in [1.29, 1.82) is 0 Å². The molecule has 0 radical (unpaired) electrons. The molecule has 1 aromatic carbocycles. The summed E-state index contributed by atoms with van der Waals surface area (Å²) < 4.78 is 26.9. The first-order valence-corrected chi connectivity index (χ1v) is 9.82. The van der Waals surface area contributed by atoms with Crippen molar-refractivity contribution in [3.05, 3.63) is 35.4 Å². The van der Waals surface area contributed by atoms with Crippen molar-refractivity contribution in [3.8, 4) is 0 Å². The fourth-order valence-electron chi connectivity index (χ4n) is 4.69. The van der Waals surface area contributed by atoms with Gasteiger partial charge in [0.1, 0.15) is 11.6 Å². The zero-order valence-electron chi connectivity index (χ0n) is 15.3. The van der Waals surface area contributed by atoms with Crippen molar-refractivity contribution in [3.63, 3.8) is 0 Å². The van der Waals surface area contributed by atoms with Gasteiger partial charge in [0.05, 0.1) is 11.6 Å². The molecule has 0 bridgehead atoms. The minimum atomic E-state index is -0.851. The zero-order chi connectivity index (χ0) is 19.0. The van der Waals surface area contributed by atoms with Crippen molar-refractivity contribution in [2.45, 2.75) is 44.2 Å². The number of fused-ring (bicyclic) bond motifs is 1. The highest BCUT2D eigenvalue weighted by atomic mass is 19.1. The predicted molar refractivity (Wildman–Crippen MR) is 96.1 cm³/mol. The third-order valence-corrected chi connectivity index (χ3v) is 6.20. The largest absolute Gasteiger partial charge is 0.338 e. The molecule has 7 heteroatoms. The van der Waals surface area contributed by atoms with Crippen molar-refractivity contribution >= 4 is 11.8 Å². The SMILES string of the molecule is O=C(c1ccc(F)cc1F)N1CCN(C(=O)C2CC3CCCCC3N2)CC1. The van der Waals surface area contributed by atoms with E-state index in [1.165, 1.54) is 30.2 Å². The standard InChI is InChI=1S/C20H25F2N3O2/c21-14-5-6-15(16(22)12-14)19(26)24-7-9-25(10-8-24)20(27)18-11-13-3-1-2-4-17(13)23-18/h5-6,12-13,17-18,23H,1-4,7-11H2. The fraction of sp³-hybridized carbons (Fsp3) is 0.600. The predicted octanol–water partition coefficient (Wildman–Crippen LogP) is 2.17. The van der Waals surface area contributed by atoms with Crippen LogP contribution in [0.2, 0.25) is 0 Å². The number of piperazine rings is 1. The number of hydrogen-bond acceptors (Lipinski definition) is 3. The van der Waals surface area contributed by atoms with Crippen molar-refractivity contribution in [2.75, 3.05) is 26.2 Å². The topological polar surface area (TPSA) is 52.7 Å². The van der Waals surface area contributed by atoms with E-state index < -0.39 is 17.5 Å². The molecule has 1 N–H and O–H groups in total. The van der Waals surface area contributed by atoms with Crippen LogP contribution in [-0.4, -0.2) is 59.9 Å². The molecule has 5 nitrogen and oxygen atoms in total. The summed E-state index contributed by atoms with van der Waals surface area (Å²) in [5, 5.41) is 3.51. The summed E-state index contributed by atoms with van der Waals surface area (Å²) >= 11 is 0. The van der Waals surface area contributed by atoms with Crippen LogP contribution in [0.3, 0.4) is 0 Å². The Morgan fingerprint density at radius 3 is 2.41 bits per heavy atom. The minimum Gasteiger partial charge on any atom is -0.338 e. The lowest BCUT2D eigenvalue weighted by atomic mass is 9.85. The highest BCUT2D eigenvalue weighted by Gasteiger charge is 2.40. The Balaban J connectivity index is 1.33. The van der Waals surface area contributed by atoms with Gasteiger partial charge in [0.2, 0.25) is 5.91 Å². The summed E-state index contributed by atoms with van der Waals surface area (Å²) in [6.45, 7) is 1.61. The van der Waals surface area contributed by atoms with Crippen LogP contribution in [0.1, 0.15) is 42.5 Å². The first-order chi connectivity index (χ1) is 13.0. The van der Waals surface area contributed by atoms with Gasteiger partial charge in [-0.15, -0.1) is 0 Å². The lowest BCUT2D eigenvalue weighted by molar-refractivity contribution is -0.134. The van der Waals surface area contributed by atoms with Crippen LogP contribution in [0.5, 0.6) is 0 Å². The van der Waals surface area contributed by atoms with Gasteiger partial charge < -0.3 is 15.1 Å². The van der Waals surface area contributed by atoms with Gasteiger partial charge >= 0.3 is 0 Å². The number of amides is 2. The van der Waals surface area contributed by atoms with Crippen LogP contribution in [-0.2, 0) is 4.79 Å². The van der Waals surface area contributed by atoms with Crippen molar-refractivity contribution < 1.29 is 18.4 Å². The Bertz CT molecular complexity index is 720. The van der Waals surface area contributed by atoms with Crippen LogP contribution >= 0.6 is 0 Å². The maximum absolute atomic E-state index is 13.9. The molecule has 1 saturated carbocycles. The Hall–Kier alpha value is -2.02. The van der Waals surface area contributed by atoms with E-state index in [2.05, 4.69) is 5.32 Å². The summed E-state index contributed by atoms with van der Waals surface area (Å²) in [5.74, 6) is -1.29. The first kappa shape index (κ1) is 18.3. The average molecular weight is 377 g/mol. The molecule has 2 heterocycles. The molecule has 27 heavy (non-hydrogen) atoms. The molecule has 146 valence electrons. The van der Waals surface area contributed by atoms with E-state index in [-0.39, 0.29) is 17.5 Å². The number of nitrogens with zero attached hydrogens (tertiary/aromatic N) is 2. The monoisotopic (exact) mass is 377 g/mol. The van der Waals surface area contributed by atoms with Gasteiger partial charge in [0.25, 0.3) is 5.91 Å². The van der Waals surface area contributed by atoms with Crippen LogP contribution in [0.15, 0.2) is 18.2 Å². The number of hydrogen-bond donors (Lipinski definition) is 1. The molecule has 1 aromatic rings. The van der Waals surface area contributed by atoms with E-state index in [1.807, 2.05) is 0 Å². The smallest absolute Gasteiger partial charge is 0.256 e. The number of rotatable bonds is 2. The summed E-state index contributed by atoms with van der Waals surface area (Å²) in [6, 6.07) is 3.33. The summed E-state index contributed by atoms with van der Waals surface area (Å²) in [5.41, 5.74) is -0.127. The van der Waals surface area contributed by atoms with Crippen LogP contribution < -0.4 is 5.32 Å². The Morgan fingerprint density at radius 2 is 1.70 bits per heavy atom. The zero-order valence-corrected chi connectivity index (χ0v) is 15.3. The molecule has 2 aliphatic heterocycles. The lowest BCUT2D eigenvalue weighted by Crippen LogP contribution is -2.54. The second kappa shape index (κ2) is 7.54. The normalized spacial score (nSPS) is 28.1. The summed E-state index contributed by atoms with van der Waals surface area (Å²) in [4.78, 5) is 28.7. The molecule has 4 rings (SSSR count). The van der Waals surface area contributed by atoms with E-state index in [0.29, 0.717) is 38.1 Å². The van der Waals surface area contributed by atoms with Gasteiger partial charge in [-0.3, -0.25) is 9.59 Å². The van der Waals surface area contributed by atoms with E-state index >= 15 is 0 Å². The Morgan fingerprint density at radius 1 is 1.00 bits per heavy atom. The molecule has 0 aromatic heterocycles. The van der Waals surface area contributed by atoms with Crippen LogP contribution in [0.25, 0.3) is 0 Å². The molecule has 2 saturated heterocycles. The third kappa shape index (κ3) is 3.70. The van der Waals surface area contributed by atoms with Crippen molar-refractivity contribution in [2.24, 2.45) is 5.92 Å². The maximum atomic E-state index is 13.9. The second-order valence-corrected chi connectivity index (χ2v) is 7.85. The number of carbonyl (C=O) groups excluding carboxylic acids is 2. The fourth-order valence-corrected chi connectivity index (χ4v) is 4.69. The number of halogens is 2. The summed E-state index contributed by atoms with van der Waals surface area (Å²) in [7, 11) is 0. The van der Waals surface area contributed by atoms with Crippen molar-refractivity contribution in [1.82, 2.24) is 15.1 Å². The average Bonchev–Trinajstić information content (AvgIpc) is 3.11. The van der Waals surface area contributed by atoms with Gasteiger partial charge in [0.15, 0.2) is 0 Å². The molecule has 0 spiro atoms. The Labute approximate surface area is 157 Å². The molecule has 1 aliphatic carbocycles. The minimum absolute atomic E-state index is 0.115. The molecule has 2 amide bonds. The Kier molecular flexibility index (Phi) is 5.12. The highest BCUT2D eigenvalue weighted by Crippen LogP contribution is 2.33. The number of nitrogens with one attached hydrogen (secondary N) is 1. The van der Waals surface area contributed by atoms with Gasteiger partial charge in [-0.05, 0) is 37.3 Å². The molecule has 3 unspecified atom stereocenters. The van der Waals surface area contributed by atoms with Gasteiger partial charge in [-0.1, -0.05) is 12.8 Å². The molecule has 3 aliphatic rings. The molecule has 3 fully saturated rings. The van der Waals surface area contributed by atoms with Crippen LogP contribution in [0, 0.1) is 17.6 Å². The summed E-state index contributed by atoms with van der Waals surface area (Å²) in [6.07, 6.45) is 5.75. The van der Waals surface area contributed by atoms with E-state index in [0.717, 1.165) is 25.0 Å². The van der Waals surface area contributed by atoms with Gasteiger partial charge in [-0.25, -0.2) is 8.78 Å². The van der Waals surface area contributed by atoms with E-state index in [4.69, 9.17) is 0 Å². The molecular formula is C20H25F2N3O2. The first-order valence-electron chi connectivity index (χ1n) is 9.82.